The maximum Gasteiger partial charge on any atom is 0.326 e. The molecule has 1 rings (SSSR count). The molecular formula is C13H24N2O4. The van der Waals surface area contributed by atoms with E-state index in [0.29, 0.717) is 19.7 Å². The first-order chi connectivity index (χ1) is 8.85. The molecule has 0 aromatic carbocycles. The fraction of sp³-hybridized carbons (Fsp3) is 0.846. The molecule has 19 heavy (non-hydrogen) atoms. The van der Waals surface area contributed by atoms with E-state index < -0.39 is 12.0 Å². The number of carboxylic acids is 1. The number of amides is 2. The topological polar surface area (TPSA) is 78.9 Å². The van der Waals surface area contributed by atoms with Gasteiger partial charge in [-0.1, -0.05) is 13.8 Å². The molecule has 1 fully saturated rings. The van der Waals surface area contributed by atoms with Crippen molar-refractivity contribution >= 4 is 12.0 Å². The second kappa shape index (κ2) is 6.75. The fourth-order valence-corrected chi connectivity index (χ4v) is 2.33. The third kappa shape index (κ3) is 5.06. The number of hydrogen-bond acceptors (Lipinski definition) is 3. The quantitative estimate of drug-likeness (QED) is 0.791. The van der Waals surface area contributed by atoms with E-state index in [1.807, 2.05) is 0 Å². The Hall–Kier alpha value is -1.30. The van der Waals surface area contributed by atoms with Crippen molar-refractivity contribution in [3.05, 3.63) is 0 Å². The molecule has 6 nitrogen and oxygen atoms in total. The van der Waals surface area contributed by atoms with Crippen molar-refractivity contribution in [1.29, 1.82) is 0 Å². The minimum absolute atomic E-state index is 0.0981. The van der Waals surface area contributed by atoms with Gasteiger partial charge in [0, 0.05) is 33.2 Å². The highest BCUT2D eigenvalue weighted by Gasteiger charge is 2.30. The first kappa shape index (κ1) is 15.8. The molecule has 0 aromatic rings. The number of ether oxygens (including phenoxy) is 1. The molecular weight excluding hydrogens is 248 g/mol. The van der Waals surface area contributed by atoms with Gasteiger partial charge in [-0.15, -0.1) is 0 Å². The minimum atomic E-state index is -1.03. The van der Waals surface area contributed by atoms with E-state index in [9.17, 15) is 9.59 Å². The molecule has 1 aliphatic heterocycles. The average Bonchev–Trinajstić information content (AvgIpc) is 2.32. The number of rotatable bonds is 5. The Morgan fingerprint density at radius 1 is 1.47 bits per heavy atom. The zero-order valence-corrected chi connectivity index (χ0v) is 11.9. The van der Waals surface area contributed by atoms with E-state index in [4.69, 9.17) is 9.84 Å². The Kier molecular flexibility index (Phi) is 5.60. The number of likely N-dealkylation sites (tertiary alicyclic amines) is 1. The molecule has 1 saturated heterocycles. The Bertz CT molecular complexity index is 331. The van der Waals surface area contributed by atoms with Gasteiger partial charge in [0.05, 0.1) is 0 Å². The summed E-state index contributed by atoms with van der Waals surface area (Å²) in [4.78, 5) is 24.8. The summed E-state index contributed by atoms with van der Waals surface area (Å²) >= 11 is 0. The maximum atomic E-state index is 12.1. The molecule has 2 amide bonds. The number of hydrogen-bond donors (Lipinski definition) is 2. The van der Waals surface area contributed by atoms with Gasteiger partial charge in [-0.05, 0) is 18.3 Å². The second-order valence-corrected chi connectivity index (χ2v) is 5.81. The van der Waals surface area contributed by atoms with Gasteiger partial charge in [0.2, 0.25) is 0 Å². The number of aliphatic carboxylic acids is 1. The third-order valence-electron chi connectivity index (χ3n) is 3.39. The van der Waals surface area contributed by atoms with Gasteiger partial charge in [-0.25, -0.2) is 9.59 Å². The largest absolute Gasteiger partial charge is 0.480 e. The van der Waals surface area contributed by atoms with Crippen LogP contribution >= 0.6 is 0 Å². The fourth-order valence-electron chi connectivity index (χ4n) is 2.33. The smallest absolute Gasteiger partial charge is 0.326 e. The van der Waals surface area contributed by atoms with Crippen LogP contribution in [0, 0.1) is 5.41 Å². The number of nitrogens with zero attached hydrogens (tertiary/aromatic N) is 1. The van der Waals surface area contributed by atoms with Crippen LogP contribution in [-0.2, 0) is 9.53 Å². The number of carboxylic acid groups (broad SMARTS) is 1. The summed E-state index contributed by atoms with van der Waals surface area (Å²) in [5.41, 5.74) is 0.0981. The molecule has 6 heteroatoms. The number of urea groups is 1. The molecule has 0 saturated carbocycles. The number of carbonyl (C=O) groups is 2. The van der Waals surface area contributed by atoms with Crippen LogP contribution in [0.1, 0.15) is 33.1 Å². The van der Waals surface area contributed by atoms with Crippen molar-refractivity contribution in [1.82, 2.24) is 10.2 Å². The summed E-state index contributed by atoms with van der Waals surface area (Å²) in [5.74, 6) is -1.03. The van der Waals surface area contributed by atoms with Crippen molar-refractivity contribution in [2.75, 3.05) is 26.8 Å². The average molecular weight is 272 g/mol. The Morgan fingerprint density at radius 2 is 2.16 bits per heavy atom. The summed E-state index contributed by atoms with van der Waals surface area (Å²) in [6.45, 7) is 5.89. The van der Waals surface area contributed by atoms with E-state index in [-0.39, 0.29) is 17.9 Å². The molecule has 2 N–H and O–H groups in total. The number of carbonyl (C=O) groups excluding carboxylic acids is 1. The lowest BCUT2D eigenvalue weighted by Crippen LogP contribution is -2.52. The van der Waals surface area contributed by atoms with E-state index in [1.165, 1.54) is 7.11 Å². The zero-order valence-electron chi connectivity index (χ0n) is 11.9. The van der Waals surface area contributed by atoms with Gasteiger partial charge in [-0.2, -0.15) is 0 Å². The summed E-state index contributed by atoms with van der Waals surface area (Å²) in [5, 5.41) is 11.6. The van der Waals surface area contributed by atoms with E-state index in [1.54, 1.807) is 4.90 Å². The number of methoxy groups -OCH3 is 1. The second-order valence-electron chi connectivity index (χ2n) is 5.81. The van der Waals surface area contributed by atoms with Crippen LogP contribution in [0.2, 0.25) is 0 Å². The Morgan fingerprint density at radius 3 is 2.68 bits per heavy atom. The van der Waals surface area contributed by atoms with E-state index >= 15 is 0 Å². The molecule has 0 radical (unpaired) electrons. The molecule has 0 aliphatic carbocycles. The van der Waals surface area contributed by atoms with Crippen molar-refractivity contribution in [3.63, 3.8) is 0 Å². The van der Waals surface area contributed by atoms with Crippen LogP contribution in [0.4, 0.5) is 4.79 Å². The van der Waals surface area contributed by atoms with Crippen molar-refractivity contribution < 1.29 is 19.4 Å². The van der Waals surface area contributed by atoms with Crippen molar-refractivity contribution in [2.45, 2.75) is 39.2 Å². The van der Waals surface area contributed by atoms with Crippen LogP contribution in [0.3, 0.4) is 0 Å². The van der Waals surface area contributed by atoms with Crippen LogP contribution in [0.15, 0.2) is 0 Å². The predicted molar refractivity (Wildman–Crippen MR) is 71.0 cm³/mol. The zero-order chi connectivity index (χ0) is 14.5. The Labute approximate surface area is 114 Å². The van der Waals surface area contributed by atoms with Gasteiger partial charge >= 0.3 is 12.0 Å². The summed E-state index contributed by atoms with van der Waals surface area (Å²) in [6.07, 6.45) is 2.31. The normalized spacial score (nSPS) is 19.8. The number of nitrogens with one attached hydrogen (secondary N) is 1. The Balaban J connectivity index is 2.54. The highest BCUT2D eigenvalue weighted by molar-refractivity contribution is 5.82. The maximum absolute atomic E-state index is 12.1. The van der Waals surface area contributed by atoms with Gasteiger partial charge in [0.1, 0.15) is 6.04 Å². The van der Waals surface area contributed by atoms with Crippen LogP contribution in [0.25, 0.3) is 0 Å². The lowest BCUT2D eigenvalue weighted by molar-refractivity contribution is -0.139. The van der Waals surface area contributed by atoms with Gasteiger partial charge < -0.3 is 20.1 Å². The predicted octanol–water partition coefficient (Wildman–Crippen LogP) is 1.31. The molecule has 1 atom stereocenters. The molecule has 0 spiro atoms. The monoisotopic (exact) mass is 272 g/mol. The first-order valence-corrected chi connectivity index (χ1v) is 6.63. The SMILES string of the molecule is COCCC(NC(=O)N1CCCC(C)(C)C1)C(=O)O. The molecule has 1 aliphatic rings. The standard InChI is InChI=1S/C13H24N2O4/c1-13(2)6-4-7-15(9-13)12(18)14-10(11(16)17)5-8-19-3/h10H,4-9H2,1-3H3,(H,14,18)(H,16,17). The molecule has 0 aromatic heterocycles. The summed E-state index contributed by atoms with van der Waals surface area (Å²) in [6, 6.07) is -1.19. The molecule has 0 bridgehead atoms. The highest BCUT2D eigenvalue weighted by Crippen LogP contribution is 2.28. The lowest BCUT2D eigenvalue weighted by Gasteiger charge is -2.38. The van der Waals surface area contributed by atoms with Gasteiger partial charge in [0.15, 0.2) is 0 Å². The van der Waals surface area contributed by atoms with Crippen molar-refractivity contribution in [2.24, 2.45) is 5.41 Å². The lowest BCUT2D eigenvalue weighted by atomic mass is 9.84. The first-order valence-electron chi connectivity index (χ1n) is 6.63. The molecule has 1 unspecified atom stereocenters. The third-order valence-corrected chi connectivity index (χ3v) is 3.39. The van der Waals surface area contributed by atoms with Crippen LogP contribution in [-0.4, -0.2) is 54.9 Å². The molecule has 1 heterocycles. The number of piperidine rings is 1. The highest BCUT2D eigenvalue weighted by atomic mass is 16.5. The van der Waals surface area contributed by atoms with Gasteiger partial charge in [-0.3, -0.25) is 0 Å². The van der Waals surface area contributed by atoms with E-state index in [0.717, 1.165) is 12.8 Å². The minimum Gasteiger partial charge on any atom is -0.480 e. The summed E-state index contributed by atoms with van der Waals surface area (Å²) < 4.78 is 4.85. The van der Waals surface area contributed by atoms with Gasteiger partial charge in [0.25, 0.3) is 0 Å². The van der Waals surface area contributed by atoms with Crippen molar-refractivity contribution in [3.8, 4) is 0 Å². The van der Waals surface area contributed by atoms with Crippen LogP contribution < -0.4 is 5.32 Å². The van der Waals surface area contributed by atoms with E-state index in [2.05, 4.69) is 19.2 Å². The molecule has 110 valence electrons. The van der Waals surface area contributed by atoms with Crippen LogP contribution in [0.5, 0.6) is 0 Å². The summed E-state index contributed by atoms with van der Waals surface area (Å²) in [7, 11) is 1.51.